The first kappa shape index (κ1) is 16.1. The second-order valence-electron chi connectivity index (χ2n) is 5.95. The third-order valence-corrected chi connectivity index (χ3v) is 5.17. The summed E-state index contributed by atoms with van der Waals surface area (Å²) in [5, 5.41) is 7.36. The number of hydrogen-bond acceptors (Lipinski definition) is 5. The van der Waals surface area contributed by atoms with E-state index in [-0.39, 0.29) is 11.8 Å². The van der Waals surface area contributed by atoms with Crippen LogP contribution in [0.2, 0.25) is 0 Å². The predicted octanol–water partition coefficient (Wildman–Crippen LogP) is 2.06. The number of carbonyl (C=O) groups is 1. The number of rotatable bonds is 5. The molecule has 1 amide bonds. The van der Waals surface area contributed by atoms with Crippen molar-refractivity contribution in [3.63, 3.8) is 0 Å². The standard InChI is InChI=1S/C16H22N4O2S/c1-11-14(12(2)19(3)18-11)8-20(9-15-17-5-7-23-15)16(21)13-4-6-22-10-13/h5,7,13H,4,6,8-10H2,1-3H3/t13-/m0/s1. The van der Waals surface area contributed by atoms with E-state index in [0.717, 1.165) is 28.4 Å². The van der Waals surface area contributed by atoms with Gasteiger partial charge in [0.15, 0.2) is 0 Å². The van der Waals surface area contributed by atoms with E-state index in [2.05, 4.69) is 10.1 Å². The van der Waals surface area contributed by atoms with Crippen LogP contribution >= 0.6 is 11.3 Å². The molecule has 7 heteroatoms. The van der Waals surface area contributed by atoms with Gasteiger partial charge in [-0.25, -0.2) is 4.98 Å². The van der Waals surface area contributed by atoms with Gasteiger partial charge in [0.1, 0.15) is 5.01 Å². The molecule has 0 bridgehead atoms. The van der Waals surface area contributed by atoms with Crippen LogP contribution in [0.15, 0.2) is 11.6 Å². The van der Waals surface area contributed by atoms with Gasteiger partial charge in [-0.15, -0.1) is 11.3 Å². The molecule has 6 nitrogen and oxygen atoms in total. The smallest absolute Gasteiger partial charge is 0.228 e. The molecule has 0 saturated carbocycles. The largest absolute Gasteiger partial charge is 0.381 e. The Bertz CT molecular complexity index is 675. The van der Waals surface area contributed by atoms with E-state index in [9.17, 15) is 4.79 Å². The Morgan fingerprint density at radius 1 is 1.48 bits per heavy atom. The molecule has 1 fully saturated rings. The minimum absolute atomic E-state index is 0.0350. The van der Waals surface area contributed by atoms with Crippen LogP contribution < -0.4 is 0 Å². The number of thiazole rings is 1. The van der Waals surface area contributed by atoms with Gasteiger partial charge in [0.2, 0.25) is 5.91 Å². The van der Waals surface area contributed by atoms with Crippen molar-refractivity contribution in [2.75, 3.05) is 13.2 Å². The lowest BCUT2D eigenvalue weighted by atomic mass is 10.1. The van der Waals surface area contributed by atoms with Gasteiger partial charge in [-0.1, -0.05) is 0 Å². The van der Waals surface area contributed by atoms with E-state index in [1.54, 1.807) is 17.5 Å². The van der Waals surface area contributed by atoms with Gasteiger partial charge in [-0.2, -0.15) is 5.10 Å². The highest BCUT2D eigenvalue weighted by atomic mass is 32.1. The molecule has 0 spiro atoms. The molecule has 1 aliphatic heterocycles. The number of nitrogens with zero attached hydrogens (tertiary/aromatic N) is 4. The molecule has 0 unspecified atom stereocenters. The summed E-state index contributed by atoms with van der Waals surface area (Å²) in [6, 6.07) is 0. The van der Waals surface area contributed by atoms with Crippen LogP contribution in [0.4, 0.5) is 0 Å². The zero-order valence-electron chi connectivity index (χ0n) is 13.8. The number of amides is 1. The van der Waals surface area contributed by atoms with Gasteiger partial charge in [0, 0.05) is 43.0 Å². The first-order valence-electron chi connectivity index (χ1n) is 7.80. The van der Waals surface area contributed by atoms with Gasteiger partial charge >= 0.3 is 0 Å². The molecular formula is C16H22N4O2S. The van der Waals surface area contributed by atoms with Crippen molar-refractivity contribution in [1.29, 1.82) is 0 Å². The first-order chi connectivity index (χ1) is 11.1. The predicted molar refractivity (Wildman–Crippen MR) is 88.0 cm³/mol. The summed E-state index contributed by atoms with van der Waals surface area (Å²) >= 11 is 1.58. The molecule has 3 rings (SSSR count). The van der Waals surface area contributed by atoms with Crippen LogP contribution in [0, 0.1) is 19.8 Å². The Morgan fingerprint density at radius 3 is 2.87 bits per heavy atom. The molecule has 2 aromatic heterocycles. The summed E-state index contributed by atoms with van der Waals surface area (Å²) < 4.78 is 7.26. The zero-order chi connectivity index (χ0) is 16.4. The Balaban J connectivity index is 1.83. The Labute approximate surface area is 140 Å². The lowest BCUT2D eigenvalue weighted by Gasteiger charge is -2.24. The van der Waals surface area contributed by atoms with Gasteiger partial charge in [-0.05, 0) is 20.3 Å². The van der Waals surface area contributed by atoms with Gasteiger partial charge in [-0.3, -0.25) is 9.48 Å². The Hall–Kier alpha value is -1.73. The fourth-order valence-corrected chi connectivity index (χ4v) is 3.56. The number of aromatic nitrogens is 3. The number of hydrogen-bond donors (Lipinski definition) is 0. The van der Waals surface area contributed by atoms with Crippen molar-refractivity contribution >= 4 is 17.2 Å². The van der Waals surface area contributed by atoms with Gasteiger partial charge < -0.3 is 9.64 Å². The second kappa shape index (κ2) is 6.80. The summed E-state index contributed by atoms with van der Waals surface area (Å²) in [5.74, 6) is 0.118. The lowest BCUT2D eigenvalue weighted by molar-refractivity contribution is -0.136. The third kappa shape index (κ3) is 3.45. The molecule has 124 valence electrons. The Kier molecular flexibility index (Phi) is 4.77. The fourth-order valence-electron chi connectivity index (χ4n) is 2.93. The molecule has 1 aliphatic rings. The van der Waals surface area contributed by atoms with Crippen molar-refractivity contribution in [1.82, 2.24) is 19.7 Å². The summed E-state index contributed by atoms with van der Waals surface area (Å²) in [7, 11) is 1.93. The number of carbonyl (C=O) groups excluding carboxylic acids is 1. The molecule has 0 aromatic carbocycles. The van der Waals surface area contributed by atoms with Crippen LogP contribution in [0.1, 0.15) is 28.4 Å². The van der Waals surface area contributed by atoms with E-state index < -0.39 is 0 Å². The normalized spacial score (nSPS) is 17.6. The molecule has 0 aliphatic carbocycles. The van der Waals surface area contributed by atoms with Crippen molar-refractivity contribution < 1.29 is 9.53 Å². The second-order valence-corrected chi connectivity index (χ2v) is 6.93. The van der Waals surface area contributed by atoms with E-state index in [0.29, 0.717) is 26.3 Å². The van der Waals surface area contributed by atoms with Crippen molar-refractivity contribution in [2.45, 2.75) is 33.4 Å². The number of aryl methyl sites for hydroxylation is 2. The summed E-state index contributed by atoms with van der Waals surface area (Å²) in [5.41, 5.74) is 3.20. The van der Waals surface area contributed by atoms with E-state index in [1.165, 1.54) is 0 Å². The first-order valence-corrected chi connectivity index (χ1v) is 8.68. The zero-order valence-corrected chi connectivity index (χ0v) is 14.6. The van der Waals surface area contributed by atoms with Crippen molar-refractivity contribution in [2.24, 2.45) is 13.0 Å². The maximum atomic E-state index is 12.9. The van der Waals surface area contributed by atoms with Crippen LogP contribution in [0.3, 0.4) is 0 Å². The summed E-state index contributed by atoms with van der Waals surface area (Å²) in [6.45, 7) is 6.35. The van der Waals surface area contributed by atoms with Crippen LogP contribution in [-0.4, -0.2) is 38.8 Å². The topological polar surface area (TPSA) is 60.2 Å². The average molecular weight is 334 g/mol. The summed E-state index contributed by atoms with van der Waals surface area (Å²) in [6.07, 6.45) is 2.58. The monoisotopic (exact) mass is 334 g/mol. The third-order valence-electron chi connectivity index (χ3n) is 4.41. The molecular weight excluding hydrogens is 312 g/mol. The minimum atomic E-state index is -0.0350. The molecule has 0 radical (unpaired) electrons. The maximum absolute atomic E-state index is 12.9. The maximum Gasteiger partial charge on any atom is 0.228 e. The van der Waals surface area contributed by atoms with E-state index in [1.807, 2.05) is 35.9 Å². The van der Waals surface area contributed by atoms with Crippen LogP contribution in [0.5, 0.6) is 0 Å². The summed E-state index contributed by atoms with van der Waals surface area (Å²) in [4.78, 5) is 19.1. The molecule has 1 saturated heterocycles. The van der Waals surface area contributed by atoms with Gasteiger partial charge in [0.25, 0.3) is 0 Å². The molecule has 3 heterocycles. The van der Waals surface area contributed by atoms with E-state index >= 15 is 0 Å². The molecule has 0 N–H and O–H groups in total. The average Bonchev–Trinajstić information content (AvgIpc) is 3.25. The molecule has 1 atom stereocenters. The van der Waals surface area contributed by atoms with E-state index in [4.69, 9.17) is 4.74 Å². The molecule has 23 heavy (non-hydrogen) atoms. The van der Waals surface area contributed by atoms with Crippen LogP contribution in [0.25, 0.3) is 0 Å². The number of ether oxygens (including phenoxy) is 1. The highest BCUT2D eigenvalue weighted by Gasteiger charge is 2.29. The molecule has 2 aromatic rings. The fraction of sp³-hybridized carbons (Fsp3) is 0.562. The van der Waals surface area contributed by atoms with Crippen LogP contribution in [-0.2, 0) is 29.7 Å². The van der Waals surface area contributed by atoms with Crippen molar-refractivity contribution in [3.8, 4) is 0 Å². The SMILES string of the molecule is Cc1nn(C)c(C)c1CN(Cc1nccs1)C(=O)[C@H]1CCOC1. The Morgan fingerprint density at radius 2 is 2.30 bits per heavy atom. The van der Waals surface area contributed by atoms with Gasteiger partial charge in [0.05, 0.1) is 24.8 Å². The lowest BCUT2D eigenvalue weighted by Crippen LogP contribution is -2.35. The van der Waals surface area contributed by atoms with Crippen molar-refractivity contribution in [3.05, 3.63) is 33.5 Å². The minimum Gasteiger partial charge on any atom is -0.381 e. The quantitative estimate of drug-likeness (QED) is 0.840. The highest BCUT2D eigenvalue weighted by Crippen LogP contribution is 2.22. The highest BCUT2D eigenvalue weighted by molar-refractivity contribution is 7.09.